The molecule has 1 N–H and O–H groups in total. The Labute approximate surface area is 123 Å². The first-order chi connectivity index (χ1) is 9.96. The van der Waals surface area contributed by atoms with Gasteiger partial charge in [0.15, 0.2) is 0 Å². The average molecular weight is 316 g/mol. The minimum Gasteiger partial charge on any atom is -0.381 e. The first kappa shape index (κ1) is 14.7. The average Bonchev–Trinajstić information content (AvgIpc) is 3.20. The number of nitrogens with zero attached hydrogens (tertiary/aromatic N) is 1. The molecule has 1 aliphatic heterocycles. The van der Waals surface area contributed by atoms with Crippen LogP contribution in [0.4, 0.5) is 14.5 Å². The summed E-state index contributed by atoms with van der Waals surface area (Å²) < 4.78 is 47.6. The van der Waals surface area contributed by atoms with Gasteiger partial charge in [-0.05, 0) is 43.5 Å². The molecule has 2 fully saturated rings. The van der Waals surface area contributed by atoms with Crippen molar-refractivity contribution in [3.63, 3.8) is 0 Å². The number of hydrogen-bond donors (Lipinski definition) is 1. The Balaban J connectivity index is 1.62. The summed E-state index contributed by atoms with van der Waals surface area (Å²) in [7, 11) is -4.50. The first-order valence-corrected chi connectivity index (χ1v) is 8.64. The van der Waals surface area contributed by atoms with Gasteiger partial charge >= 0.3 is 5.76 Å². The van der Waals surface area contributed by atoms with Crippen molar-refractivity contribution in [2.24, 2.45) is 0 Å². The summed E-state index contributed by atoms with van der Waals surface area (Å²) in [6.07, 6.45) is 3.62. The van der Waals surface area contributed by atoms with E-state index in [4.69, 9.17) is 0 Å². The molecule has 21 heavy (non-hydrogen) atoms. The zero-order valence-electron chi connectivity index (χ0n) is 11.5. The van der Waals surface area contributed by atoms with E-state index in [1.165, 1.54) is 25.0 Å². The molecule has 1 atom stereocenters. The van der Waals surface area contributed by atoms with E-state index < -0.39 is 15.6 Å². The van der Waals surface area contributed by atoms with Crippen LogP contribution >= 0.6 is 0 Å². The van der Waals surface area contributed by atoms with Gasteiger partial charge in [0.1, 0.15) is 0 Å². The Morgan fingerprint density at radius 2 is 1.81 bits per heavy atom. The minimum atomic E-state index is -4.50. The highest BCUT2D eigenvalue weighted by molar-refractivity contribution is 7.91. The lowest BCUT2D eigenvalue weighted by Gasteiger charge is -2.16. The standard InChI is InChI=1S/C14H18F2N2O2S/c15-14(16)21(19,20)13-5-1-10(2-6-13)17-11-7-8-18(9-11)12-3-4-12/h1-2,5-6,11-12,14,17H,3-4,7-9H2. The molecule has 3 rings (SSSR count). The van der Waals surface area contributed by atoms with E-state index >= 15 is 0 Å². The largest absolute Gasteiger partial charge is 0.381 e. The molecule has 1 unspecified atom stereocenters. The number of nitrogens with one attached hydrogen (secondary N) is 1. The fraction of sp³-hybridized carbons (Fsp3) is 0.571. The van der Waals surface area contributed by atoms with Gasteiger partial charge in [-0.3, -0.25) is 4.90 Å². The van der Waals surface area contributed by atoms with Crippen LogP contribution in [0.25, 0.3) is 0 Å². The lowest BCUT2D eigenvalue weighted by atomic mass is 10.2. The van der Waals surface area contributed by atoms with Crippen LogP contribution in [0.5, 0.6) is 0 Å². The Morgan fingerprint density at radius 1 is 1.14 bits per heavy atom. The van der Waals surface area contributed by atoms with Crippen molar-refractivity contribution in [1.82, 2.24) is 4.90 Å². The molecule has 1 saturated heterocycles. The van der Waals surface area contributed by atoms with Crippen molar-refractivity contribution in [3.05, 3.63) is 24.3 Å². The minimum absolute atomic E-state index is 0.336. The van der Waals surface area contributed by atoms with Gasteiger partial charge in [-0.1, -0.05) is 0 Å². The van der Waals surface area contributed by atoms with E-state index in [1.54, 1.807) is 12.1 Å². The Kier molecular flexibility index (Phi) is 3.88. The van der Waals surface area contributed by atoms with Gasteiger partial charge in [-0.15, -0.1) is 0 Å². The van der Waals surface area contributed by atoms with Crippen molar-refractivity contribution in [2.75, 3.05) is 18.4 Å². The van der Waals surface area contributed by atoms with Gasteiger partial charge in [0.25, 0.3) is 0 Å². The molecule has 0 amide bonds. The van der Waals surface area contributed by atoms with Gasteiger partial charge in [-0.25, -0.2) is 8.42 Å². The van der Waals surface area contributed by atoms with Gasteiger partial charge in [0, 0.05) is 30.9 Å². The molecule has 0 radical (unpaired) electrons. The molecule has 1 heterocycles. The molecule has 116 valence electrons. The van der Waals surface area contributed by atoms with Gasteiger partial charge in [-0.2, -0.15) is 8.78 Å². The number of benzene rings is 1. The summed E-state index contributed by atoms with van der Waals surface area (Å²) in [5.74, 6) is -3.38. The number of anilines is 1. The predicted octanol–water partition coefficient (Wildman–Crippen LogP) is 2.33. The number of likely N-dealkylation sites (tertiary alicyclic amines) is 1. The molecular formula is C14H18F2N2O2S. The van der Waals surface area contributed by atoms with Crippen LogP contribution in [0.1, 0.15) is 19.3 Å². The highest BCUT2D eigenvalue weighted by Gasteiger charge is 2.34. The monoisotopic (exact) mass is 316 g/mol. The summed E-state index contributed by atoms with van der Waals surface area (Å²) in [6, 6.07) is 6.65. The summed E-state index contributed by atoms with van der Waals surface area (Å²) >= 11 is 0. The second-order valence-corrected chi connectivity index (χ2v) is 7.60. The number of hydrogen-bond acceptors (Lipinski definition) is 4. The molecule has 1 aromatic rings. The SMILES string of the molecule is O=S(=O)(c1ccc(NC2CCN(C3CC3)C2)cc1)C(F)F. The molecule has 0 aromatic heterocycles. The third kappa shape index (κ3) is 3.18. The molecule has 7 heteroatoms. The maximum atomic E-state index is 12.4. The zero-order chi connectivity index (χ0) is 15.0. The molecule has 1 saturated carbocycles. The van der Waals surface area contributed by atoms with E-state index in [-0.39, 0.29) is 4.90 Å². The van der Waals surface area contributed by atoms with Crippen LogP contribution in [0.15, 0.2) is 29.2 Å². The van der Waals surface area contributed by atoms with E-state index in [0.717, 1.165) is 31.2 Å². The van der Waals surface area contributed by atoms with Crippen LogP contribution in [0.2, 0.25) is 0 Å². The predicted molar refractivity (Wildman–Crippen MR) is 76.3 cm³/mol. The summed E-state index contributed by atoms with van der Waals surface area (Å²) in [5.41, 5.74) is 0.769. The molecule has 0 spiro atoms. The van der Waals surface area contributed by atoms with Crippen LogP contribution < -0.4 is 5.32 Å². The molecular weight excluding hydrogens is 298 g/mol. The Bertz CT molecular complexity index is 600. The van der Waals surface area contributed by atoms with E-state index in [0.29, 0.717) is 6.04 Å². The van der Waals surface area contributed by atoms with Gasteiger partial charge < -0.3 is 5.32 Å². The third-order valence-electron chi connectivity index (χ3n) is 4.07. The van der Waals surface area contributed by atoms with E-state index in [9.17, 15) is 17.2 Å². The van der Waals surface area contributed by atoms with Crippen LogP contribution in [0, 0.1) is 0 Å². The molecule has 1 aromatic carbocycles. The molecule has 2 aliphatic rings. The van der Waals surface area contributed by atoms with Crippen molar-refractivity contribution in [3.8, 4) is 0 Å². The van der Waals surface area contributed by atoms with E-state index in [1.807, 2.05) is 0 Å². The number of sulfone groups is 1. The smallest absolute Gasteiger partial charge is 0.341 e. The van der Waals surface area contributed by atoms with Crippen LogP contribution in [-0.2, 0) is 9.84 Å². The summed E-state index contributed by atoms with van der Waals surface area (Å²) in [6.45, 7) is 2.07. The van der Waals surface area contributed by atoms with Gasteiger partial charge in [0.2, 0.25) is 9.84 Å². The maximum absolute atomic E-state index is 12.4. The first-order valence-electron chi connectivity index (χ1n) is 7.09. The van der Waals surface area contributed by atoms with Crippen molar-refractivity contribution >= 4 is 15.5 Å². The lowest BCUT2D eigenvalue weighted by Crippen LogP contribution is -2.27. The van der Waals surface area contributed by atoms with Crippen molar-refractivity contribution in [2.45, 2.75) is 42.0 Å². The molecule has 0 bridgehead atoms. The Morgan fingerprint density at radius 3 is 2.38 bits per heavy atom. The quantitative estimate of drug-likeness (QED) is 0.906. The van der Waals surface area contributed by atoms with Crippen molar-refractivity contribution < 1.29 is 17.2 Å². The zero-order valence-corrected chi connectivity index (χ0v) is 12.3. The number of halogens is 2. The van der Waals surface area contributed by atoms with Crippen LogP contribution in [0.3, 0.4) is 0 Å². The fourth-order valence-electron chi connectivity index (χ4n) is 2.76. The number of rotatable bonds is 5. The normalized spacial score (nSPS) is 23.7. The fourth-order valence-corrected chi connectivity index (χ4v) is 3.48. The van der Waals surface area contributed by atoms with Crippen LogP contribution in [-0.4, -0.2) is 44.2 Å². The summed E-state index contributed by atoms with van der Waals surface area (Å²) in [4.78, 5) is 2.13. The topological polar surface area (TPSA) is 49.4 Å². The number of alkyl halides is 2. The highest BCUT2D eigenvalue weighted by atomic mass is 32.2. The van der Waals surface area contributed by atoms with Crippen molar-refractivity contribution in [1.29, 1.82) is 0 Å². The molecule has 1 aliphatic carbocycles. The second kappa shape index (κ2) is 5.53. The summed E-state index contributed by atoms with van der Waals surface area (Å²) in [5, 5.41) is 3.34. The van der Waals surface area contributed by atoms with Gasteiger partial charge in [0.05, 0.1) is 4.90 Å². The lowest BCUT2D eigenvalue weighted by molar-refractivity contribution is 0.234. The maximum Gasteiger partial charge on any atom is 0.341 e. The van der Waals surface area contributed by atoms with E-state index in [2.05, 4.69) is 10.2 Å². The highest BCUT2D eigenvalue weighted by Crippen LogP contribution is 2.30. The molecule has 4 nitrogen and oxygen atoms in total. The Hall–Kier alpha value is -1.21. The second-order valence-electron chi connectivity index (χ2n) is 5.69. The third-order valence-corrected chi connectivity index (χ3v) is 5.47.